The summed E-state index contributed by atoms with van der Waals surface area (Å²) < 4.78 is 10.1. The Hall–Kier alpha value is -0.650. The van der Waals surface area contributed by atoms with E-state index in [4.69, 9.17) is 9.47 Å². The zero-order valence-electron chi connectivity index (χ0n) is 11.1. The van der Waals surface area contributed by atoms with Gasteiger partial charge in [-0.1, -0.05) is 13.8 Å². The molecule has 0 spiro atoms. The summed E-state index contributed by atoms with van der Waals surface area (Å²) in [5, 5.41) is 3.24. The fourth-order valence-corrected chi connectivity index (χ4v) is 1.95. The van der Waals surface area contributed by atoms with Gasteiger partial charge in [0.15, 0.2) is 0 Å². The molecule has 1 aliphatic heterocycles. The maximum Gasteiger partial charge on any atom is 0.322 e. The minimum Gasteiger partial charge on any atom is -0.468 e. The van der Waals surface area contributed by atoms with Gasteiger partial charge in [-0.3, -0.25) is 9.69 Å². The SMILES string of the molecule is COC(=O)C(CCN1CCOCC1)NC(C)C. The number of nitrogens with one attached hydrogen (secondary N) is 1. The minimum atomic E-state index is -0.206. The van der Waals surface area contributed by atoms with Crippen molar-refractivity contribution in [2.24, 2.45) is 0 Å². The van der Waals surface area contributed by atoms with Crippen LogP contribution in [0.4, 0.5) is 0 Å². The minimum absolute atomic E-state index is 0.174. The summed E-state index contributed by atoms with van der Waals surface area (Å²) in [6.45, 7) is 8.46. The number of morpholine rings is 1. The first-order chi connectivity index (χ1) is 8.13. The number of hydrogen-bond donors (Lipinski definition) is 1. The van der Waals surface area contributed by atoms with Crippen molar-refractivity contribution in [3.05, 3.63) is 0 Å². The Labute approximate surface area is 103 Å². The van der Waals surface area contributed by atoms with E-state index in [9.17, 15) is 4.79 Å². The molecule has 1 atom stereocenters. The summed E-state index contributed by atoms with van der Waals surface area (Å²) in [4.78, 5) is 13.9. The van der Waals surface area contributed by atoms with Crippen LogP contribution in [0.1, 0.15) is 20.3 Å². The van der Waals surface area contributed by atoms with Gasteiger partial charge in [0.1, 0.15) is 6.04 Å². The highest BCUT2D eigenvalue weighted by atomic mass is 16.5. The molecule has 1 heterocycles. The van der Waals surface area contributed by atoms with Crippen LogP contribution < -0.4 is 5.32 Å². The Bertz CT molecular complexity index is 228. The van der Waals surface area contributed by atoms with Crippen LogP contribution in [0.3, 0.4) is 0 Å². The van der Waals surface area contributed by atoms with Crippen LogP contribution in [0.5, 0.6) is 0 Å². The van der Waals surface area contributed by atoms with Crippen molar-refractivity contribution in [1.82, 2.24) is 10.2 Å². The molecule has 0 radical (unpaired) electrons. The van der Waals surface area contributed by atoms with Crippen LogP contribution in [0.2, 0.25) is 0 Å². The second kappa shape index (κ2) is 7.63. The average molecular weight is 244 g/mol. The lowest BCUT2D eigenvalue weighted by Gasteiger charge is -2.28. The Kier molecular flexibility index (Phi) is 6.47. The molecule has 0 amide bonds. The van der Waals surface area contributed by atoms with Crippen molar-refractivity contribution < 1.29 is 14.3 Å². The lowest BCUT2D eigenvalue weighted by Crippen LogP contribution is -2.45. The topological polar surface area (TPSA) is 50.8 Å². The normalized spacial score (nSPS) is 19.3. The third kappa shape index (κ3) is 5.48. The summed E-state index contributed by atoms with van der Waals surface area (Å²) in [6, 6.07) is 0.0756. The molecule has 0 saturated carbocycles. The molecule has 0 aliphatic carbocycles. The average Bonchev–Trinajstić information content (AvgIpc) is 2.34. The van der Waals surface area contributed by atoms with E-state index in [2.05, 4.69) is 10.2 Å². The number of rotatable bonds is 6. The summed E-state index contributed by atoms with van der Waals surface area (Å²) in [7, 11) is 1.44. The first-order valence-electron chi connectivity index (χ1n) is 6.27. The number of carbonyl (C=O) groups excluding carboxylic acids is 1. The Balaban J connectivity index is 2.34. The molecular formula is C12H24N2O3. The van der Waals surface area contributed by atoms with E-state index in [-0.39, 0.29) is 18.1 Å². The smallest absolute Gasteiger partial charge is 0.322 e. The van der Waals surface area contributed by atoms with Crippen molar-refractivity contribution >= 4 is 5.97 Å². The Morgan fingerprint density at radius 1 is 1.41 bits per heavy atom. The van der Waals surface area contributed by atoms with Gasteiger partial charge in [0.05, 0.1) is 20.3 Å². The summed E-state index contributed by atoms with van der Waals surface area (Å²) in [6.07, 6.45) is 0.783. The molecule has 1 fully saturated rings. The summed E-state index contributed by atoms with van der Waals surface area (Å²) >= 11 is 0. The van der Waals surface area contributed by atoms with Gasteiger partial charge in [0.25, 0.3) is 0 Å². The van der Waals surface area contributed by atoms with Crippen molar-refractivity contribution in [3.63, 3.8) is 0 Å². The van der Waals surface area contributed by atoms with Crippen LogP contribution >= 0.6 is 0 Å². The number of methoxy groups -OCH3 is 1. The Morgan fingerprint density at radius 2 is 2.06 bits per heavy atom. The van der Waals surface area contributed by atoms with E-state index in [0.717, 1.165) is 39.3 Å². The zero-order chi connectivity index (χ0) is 12.7. The van der Waals surface area contributed by atoms with E-state index < -0.39 is 0 Å². The molecule has 5 heteroatoms. The van der Waals surface area contributed by atoms with Crippen molar-refractivity contribution in [2.75, 3.05) is 40.0 Å². The molecular weight excluding hydrogens is 220 g/mol. The van der Waals surface area contributed by atoms with Crippen LogP contribution in [-0.4, -0.2) is 62.9 Å². The highest BCUT2D eigenvalue weighted by Gasteiger charge is 2.21. The third-order valence-corrected chi connectivity index (χ3v) is 2.86. The molecule has 0 aromatic rings. The maximum atomic E-state index is 11.6. The highest BCUT2D eigenvalue weighted by Crippen LogP contribution is 2.03. The molecule has 0 bridgehead atoms. The second-order valence-corrected chi connectivity index (χ2v) is 4.64. The van der Waals surface area contributed by atoms with Crippen LogP contribution in [0, 0.1) is 0 Å². The predicted octanol–water partition coefficient (Wildman–Crippen LogP) is 0.248. The van der Waals surface area contributed by atoms with Gasteiger partial charge in [-0.2, -0.15) is 0 Å². The maximum absolute atomic E-state index is 11.6. The molecule has 1 saturated heterocycles. The fourth-order valence-electron chi connectivity index (χ4n) is 1.95. The molecule has 100 valence electrons. The van der Waals surface area contributed by atoms with Gasteiger partial charge in [0.2, 0.25) is 0 Å². The van der Waals surface area contributed by atoms with Crippen LogP contribution in [0.15, 0.2) is 0 Å². The predicted molar refractivity (Wildman–Crippen MR) is 66.0 cm³/mol. The first-order valence-corrected chi connectivity index (χ1v) is 6.27. The molecule has 1 aliphatic rings. The molecule has 17 heavy (non-hydrogen) atoms. The molecule has 1 N–H and O–H groups in total. The molecule has 0 aromatic heterocycles. The monoisotopic (exact) mass is 244 g/mol. The van der Waals surface area contributed by atoms with Crippen molar-refractivity contribution in [1.29, 1.82) is 0 Å². The highest BCUT2D eigenvalue weighted by molar-refractivity contribution is 5.75. The fraction of sp³-hybridized carbons (Fsp3) is 0.917. The van der Waals surface area contributed by atoms with Gasteiger partial charge in [-0.05, 0) is 6.42 Å². The molecule has 1 rings (SSSR count). The van der Waals surface area contributed by atoms with Crippen LogP contribution in [-0.2, 0) is 14.3 Å². The quantitative estimate of drug-likeness (QED) is 0.679. The molecule has 5 nitrogen and oxygen atoms in total. The van der Waals surface area contributed by atoms with Gasteiger partial charge in [-0.15, -0.1) is 0 Å². The van der Waals surface area contributed by atoms with E-state index in [1.807, 2.05) is 13.8 Å². The number of nitrogens with zero attached hydrogens (tertiary/aromatic N) is 1. The van der Waals surface area contributed by atoms with Crippen molar-refractivity contribution in [3.8, 4) is 0 Å². The van der Waals surface area contributed by atoms with Gasteiger partial charge in [-0.25, -0.2) is 0 Å². The van der Waals surface area contributed by atoms with Crippen LogP contribution in [0.25, 0.3) is 0 Å². The number of esters is 1. The summed E-state index contributed by atoms with van der Waals surface area (Å²) in [5.74, 6) is -0.174. The summed E-state index contributed by atoms with van der Waals surface area (Å²) in [5.41, 5.74) is 0. The van der Waals surface area contributed by atoms with Crippen molar-refractivity contribution in [2.45, 2.75) is 32.4 Å². The Morgan fingerprint density at radius 3 is 2.59 bits per heavy atom. The first kappa shape index (κ1) is 14.4. The number of carbonyl (C=O) groups is 1. The third-order valence-electron chi connectivity index (χ3n) is 2.86. The van der Waals surface area contributed by atoms with E-state index in [1.165, 1.54) is 7.11 Å². The number of ether oxygens (including phenoxy) is 2. The van der Waals surface area contributed by atoms with Gasteiger partial charge >= 0.3 is 5.97 Å². The standard InChI is InChI=1S/C12H24N2O3/c1-10(2)13-11(12(15)16-3)4-5-14-6-8-17-9-7-14/h10-11,13H,4-9H2,1-3H3. The number of hydrogen-bond acceptors (Lipinski definition) is 5. The van der Waals surface area contributed by atoms with E-state index in [0.29, 0.717) is 0 Å². The molecule has 0 aromatic carbocycles. The lowest BCUT2D eigenvalue weighted by atomic mass is 10.1. The van der Waals surface area contributed by atoms with Gasteiger partial charge < -0.3 is 14.8 Å². The lowest BCUT2D eigenvalue weighted by molar-refractivity contribution is -0.143. The largest absolute Gasteiger partial charge is 0.468 e. The zero-order valence-corrected chi connectivity index (χ0v) is 11.1. The van der Waals surface area contributed by atoms with Gasteiger partial charge in [0, 0.05) is 25.7 Å². The second-order valence-electron chi connectivity index (χ2n) is 4.64. The molecule has 1 unspecified atom stereocenters. The van der Waals surface area contributed by atoms with E-state index in [1.54, 1.807) is 0 Å². The van der Waals surface area contributed by atoms with E-state index >= 15 is 0 Å².